The van der Waals surface area contributed by atoms with Crippen LogP contribution in [0.2, 0.25) is 9.36 Å². The van der Waals surface area contributed by atoms with Gasteiger partial charge in [0.15, 0.2) is 6.04 Å². The summed E-state index contributed by atoms with van der Waals surface area (Å²) in [6.07, 6.45) is 0. The fraction of sp³-hybridized carbons (Fsp3) is 0.0769. The van der Waals surface area contributed by atoms with E-state index in [0.717, 1.165) is 11.3 Å². The number of carboxylic acids is 1. The summed E-state index contributed by atoms with van der Waals surface area (Å²) < 4.78 is 0.458. The number of halogens is 2. The molecule has 7 heteroatoms. The van der Waals surface area contributed by atoms with E-state index in [9.17, 15) is 14.7 Å². The first-order valence-corrected chi connectivity index (χ1v) is 7.09. The Morgan fingerprint density at radius 1 is 1.15 bits per heavy atom. The Kier molecular flexibility index (Phi) is 4.65. The predicted octanol–water partition coefficient (Wildman–Crippen LogP) is 3.61. The van der Waals surface area contributed by atoms with Crippen LogP contribution in [-0.2, 0) is 4.79 Å². The van der Waals surface area contributed by atoms with Crippen LogP contribution < -0.4 is 5.32 Å². The number of hydrogen-bond acceptors (Lipinski definition) is 3. The Labute approximate surface area is 128 Å². The maximum Gasteiger partial charge on any atom is 0.330 e. The number of aliphatic carboxylic acids is 1. The van der Waals surface area contributed by atoms with Crippen LogP contribution in [-0.4, -0.2) is 17.0 Å². The molecule has 1 amide bonds. The molecule has 0 bridgehead atoms. The van der Waals surface area contributed by atoms with Crippen LogP contribution in [0.15, 0.2) is 36.4 Å². The number of amides is 1. The van der Waals surface area contributed by atoms with E-state index in [0.29, 0.717) is 14.8 Å². The van der Waals surface area contributed by atoms with Crippen molar-refractivity contribution in [2.45, 2.75) is 6.04 Å². The van der Waals surface area contributed by atoms with Gasteiger partial charge in [-0.3, -0.25) is 4.79 Å². The highest BCUT2D eigenvalue weighted by Crippen LogP contribution is 2.25. The summed E-state index contributed by atoms with van der Waals surface area (Å²) in [5.74, 6) is -1.69. The van der Waals surface area contributed by atoms with Gasteiger partial charge in [0, 0.05) is 10.6 Å². The number of carbonyl (C=O) groups excluding carboxylic acids is 1. The van der Waals surface area contributed by atoms with Crippen molar-refractivity contribution in [3.63, 3.8) is 0 Å². The van der Waals surface area contributed by atoms with Gasteiger partial charge in [-0.1, -0.05) is 41.4 Å². The van der Waals surface area contributed by atoms with Crippen molar-refractivity contribution in [2.75, 3.05) is 0 Å². The third kappa shape index (κ3) is 3.30. The van der Waals surface area contributed by atoms with Crippen molar-refractivity contribution in [1.82, 2.24) is 5.32 Å². The van der Waals surface area contributed by atoms with E-state index >= 15 is 0 Å². The number of carbonyl (C=O) groups is 2. The lowest BCUT2D eigenvalue weighted by Crippen LogP contribution is -2.33. The molecule has 0 unspecified atom stereocenters. The normalized spacial score (nSPS) is 11.9. The minimum Gasteiger partial charge on any atom is -0.479 e. The van der Waals surface area contributed by atoms with E-state index < -0.39 is 17.9 Å². The van der Waals surface area contributed by atoms with Gasteiger partial charge in [-0.25, -0.2) is 4.79 Å². The zero-order valence-corrected chi connectivity index (χ0v) is 12.3. The van der Waals surface area contributed by atoms with Crippen molar-refractivity contribution in [1.29, 1.82) is 0 Å². The maximum atomic E-state index is 12.0. The number of thiophene rings is 1. The summed E-state index contributed by atoms with van der Waals surface area (Å²) in [6.45, 7) is 0. The Bertz CT molecular complexity index is 657. The lowest BCUT2D eigenvalue weighted by Gasteiger charge is -2.15. The molecule has 1 aromatic carbocycles. The molecule has 1 aromatic heterocycles. The van der Waals surface area contributed by atoms with Crippen LogP contribution in [0.4, 0.5) is 0 Å². The zero-order chi connectivity index (χ0) is 14.7. The second-order valence-corrected chi connectivity index (χ2v) is 5.99. The SMILES string of the molecule is O=C(N[C@@H](C(=O)O)c1ccccc1Cl)c1ccc(Cl)s1. The van der Waals surface area contributed by atoms with Gasteiger partial charge < -0.3 is 10.4 Å². The molecule has 2 N–H and O–H groups in total. The molecule has 0 aliphatic rings. The van der Waals surface area contributed by atoms with Gasteiger partial charge in [-0.2, -0.15) is 0 Å². The largest absolute Gasteiger partial charge is 0.479 e. The van der Waals surface area contributed by atoms with Crippen molar-refractivity contribution >= 4 is 46.4 Å². The molecule has 0 saturated heterocycles. The number of rotatable bonds is 4. The summed E-state index contributed by atoms with van der Waals surface area (Å²) in [4.78, 5) is 23.7. The van der Waals surface area contributed by atoms with Gasteiger partial charge in [-0.15, -0.1) is 11.3 Å². The smallest absolute Gasteiger partial charge is 0.330 e. The quantitative estimate of drug-likeness (QED) is 0.900. The molecule has 4 nitrogen and oxygen atoms in total. The molecule has 0 saturated carbocycles. The van der Waals surface area contributed by atoms with E-state index in [1.54, 1.807) is 30.3 Å². The highest BCUT2D eigenvalue weighted by atomic mass is 35.5. The topological polar surface area (TPSA) is 66.4 Å². The fourth-order valence-corrected chi connectivity index (χ4v) is 2.81. The average Bonchev–Trinajstić information content (AvgIpc) is 2.83. The lowest BCUT2D eigenvalue weighted by atomic mass is 10.1. The Morgan fingerprint density at radius 3 is 2.40 bits per heavy atom. The standard InChI is InChI=1S/C13H9Cl2NO3S/c14-8-4-2-1-3-7(8)11(13(18)19)16-12(17)9-5-6-10(15)20-9/h1-6,11H,(H,16,17)(H,18,19)/t11-/m1/s1. The average molecular weight is 330 g/mol. The summed E-state index contributed by atoms with van der Waals surface area (Å²) >= 11 is 12.8. The molecule has 104 valence electrons. The van der Waals surface area contributed by atoms with Crippen LogP contribution >= 0.6 is 34.5 Å². The van der Waals surface area contributed by atoms with E-state index in [2.05, 4.69) is 5.32 Å². The molecule has 0 aliphatic heterocycles. The first-order valence-electron chi connectivity index (χ1n) is 5.52. The minimum absolute atomic E-state index is 0.282. The summed E-state index contributed by atoms with van der Waals surface area (Å²) in [5, 5.41) is 12.0. The monoisotopic (exact) mass is 329 g/mol. The van der Waals surface area contributed by atoms with Gasteiger partial charge in [-0.05, 0) is 18.2 Å². The molecule has 0 spiro atoms. The molecule has 2 rings (SSSR count). The van der Waals surface area contributed by atoms with E-state index in [-0.39, 0.29) is 5.02 Å². The highest BCUT2D eigenvalue weighted by molar-refractivity contribution is 7.18. The van der Waals surface area contributed by atoms with Crippen molar-refractivity contribution in [3.8, 4) is 0 Å². The van der Waals surface area contributed by atoms with Crippen LogP contribution in [0.5, 0.6) is 0 Å². The fourth-order valence-electron chi connectivity index (χ4n) is 1.62. The molecular weight excluding hydrogens is 321 g/mol. The molecule has 0 aliphatic carbocycles. The molecule has 20 heavy (non-hydrogen) atoms. The summed E-state index contributed by atoms with van der Waals surface area (Å²) in [7, 11) is 0. The molecule has 0 fully saturated rings. The summed E-state index contributed by atoms with van der Waals surface area (Å²) in [5.41, 5.74) is 0.331. The molecule has 1 heterocycles. The third-order valence-electron chi connectivity index (χ3n) is 2.54. The van der Waals surface area contributed by atoms with E-state index in [1.807, 2.05) is 0 Å². The third-order valence-corrected chi connectivity index (χ3v) is 4.11. The summed E-state index contributed by atoms with van der Waals surface area (Å²) in [6, 6.07) is 8.37. The molecule has 1 atom stereocenters. The van der Waals surface area contributed by atoms with Crippen LogP contribution in [0.25, 0.3) is 0 Å². The second-order valence-electron chi connectivity index (χ2n) is 3.87. The van der Waals surface area contributed by atoms with Gasteiger partial charge in [0.25, 0.3) is 5.91 Å². The van der Waals surface area contributed by atoms with Crippen LogP contribution in [0.1, 0.15) is 21.3 Å². The van der Waals surface area contributed by atoms with Crippen molar-refractivity contribution in [3.05, 3.63) is 56.2 Å². The Morgan fingerprint density at radius 2 is 1.85 bits per heavy atom. The van der Waals surface area contributed by atoms with E-state index in [4.69, 9.17) is 23.2 Å². The van der Waals surface area contributed by atoms with Gasteiger partial charge in [0.2, 0.25) is 0 Å². The Balaban J connectivity index is 2.25. The first-order chi connectivity index (χ1) is 9.49. The van der Waals surface area contributed by atoms with Crippen LogP contribution in [0, 0.1) is 0 Å². The number of nitrogens with one attached hydrogen (secondary N) is 1. The molecule has 2 aromatic rings. The maximum absolute atomic E-state index is 12.0. The minimum atomic E-state index is -1.21. The number of benzene rings is 1. The number of hydrogen-bond donors (Lipinski definition) is 2. The van der Waals surface area contributed by atoms with Crippen molar-refractivity contribution in [2.24, 2.45) is 0 Å². The molecular formula is C13H9Cl2NO3S. The molecule has 0 radical (unpaired) electrons. The predicted molar refractivity (Wildman–Crippen MR) is 78.6 cm³/mol. The highest BCUT2D eigenvalue weighted by Gasteiger charge is 2.25. The zero-order valence-electron chi connectivity index (χ0n) is 9.97. The van der Waals surface area contributed by atoms with Crippen LogP contribution in [0.3, 0.4) is 0 Å². The van der Waals surface area contributed by atoms with Crippen molar-refractivity contribution < 1.29 is 14.7 Å². The second kappa shape index (κ2) is 6.26. The lowest BCUT2D eigenvalue weighted by molar-refractivity contribution is -0.139. The van der Waals surface area contributed by atoms with E-state index in [1.165, 1.54) is 6.07 Å². The first kappa shape index (κ1) is 14.8. The van der Waals surface area contributed by atoms with Gasteiger partial charge >= 0.3 is 5.97 Å². The Hall–Kier alpha value is -1.56. The van der Waals surface area contributed by atoms with Gasteiger partial charge in [0.05, 0.1) is 9.21 Å². The number of carboxylic acid groups (broad SMARTS) is 1. The van der Waals surface area contributed by atoms with Gasteiger partial charge in [0.1, 0.15) is 0 Å².